The smallest absolute Gasteiger partial charge is 0.0810 e. The van der Waals surface area contributed by atoms with Crippen LogP contribution in [0.15, 0.2) is 419 Å². The van der Waals surface area contributed by atoms with E-state index in [1.807, 2.05) is 0 Å². The van der Waals surface area contributed by atoms with Crippen LogP contribution in [0.2, 0.25) is 0 Å². The van der Waals surface area contributed by atoms with Crippen molar-refractivity contribution in [1.82, 2.24) is 31.3 Å². The van der Waals surface area contributed by atoms with Gasteiger partial charge in [0.1, 0.15) is 0 Å². The van der Waals surface area contributed by atoms with Gasteiger partial charge in [-0.25, -0.2) is 0 Å². The van der Waals surface area contributed by atoms with Gasteiger partial charge in [0.05, 0.1) is 111 Å². The van der Waals surface area contributed by atoms with Crippen LogP contribution in [0.4, 0.5) is 34.1 Å². The van der Waals surface area contributed by atoms with E-state index in [9.17, 15) is 0 Å². The first kappa shape index (κ1) is 68.1. The largest absolute Gasteiger partial charge is 0.310 e. The Morgan fingerprint density at radius 3 is 1.03 bits per heavy atom. The highest BCUT2D eigenvalue weighted by molar-refractivity contribution is 6.44. The van der Waals surface area contributed by atoms with E-state index in [2.05, 4.69) is 460 Å². The van der Waals surface area contributed by atoms with Gasteiger partial charge in [0.2, 0.25) is 0 Å². The van der Waals surface area contributed by atoms with Crippen LogP contribution >= 0.6 is 0 Å². The molecule has 0 atom stereocenters. The van der Waals surface area contributed by atoms with Crippen LogP contribution in [0.3, 0.4) is 0 Å². The van der Waals surface area contributed by atoms with Gasteiger partial charge < -0.3 is 41.1 Å². The number of aromatic nitrogens is 7. The van der Waals surface area contributed by atoms with Gasteiger partial charge in [-0.1, -0.05) is 243 Å². The molecular formula is C120H69N9. The van der Waals surface area contributed by atoms with Crippen molar-refractivity contribution >= 4 is 252 Å². The molecule has 0 aliphatic carbocycles. The summed E-state index contributed by atoms with van der Waals surface area (Å²) in [6.07, 6.45) is 0. The monoisotopic (exact) mass is 1640 g/mol. The predicted molar refractivity (Wildman–Crippen MR) is 543 cm³/mol. The Bertz CT molecular complexity index is 10200. The summed E-state index contributed by atoms with van der Waals surface area (Å²) in [5.41, 5.74) is 33.6. The molecule has 0 unspecified atom stereocenters. The Balaban J connectivity index is 0.660. The number of hydrogen-bond donors (Lipinski definition) is 0. The van der Waals surface area contributed by atoms with E-state index in [4.69, 9.17) is 0 Å². The third-order valence-corrected chi connectivity index (χ3v) is 29.0. The molecule has 0 N–H and O–H groups in total. The second-order valence-corrected chi connectivity index (χ2v) is 35.3. The molecule has 0 amide bonds. The third-order valence-electron chi connectivity index (χ3n) is 29.0. The first-order valence-electron chi connectivity index (χ1n) is 44.6. The molecule has 0 aliphatic heterocycles. The first-order chi connectivity index (χ1) is 64.1. The third kappa shape index (κ3) is 8.64. The average Bonchev–Trinajstić information content (AvgIpc) is 1.50. The van der Waals surface area contributed by atoms with E-state index >= 15 is 0 Å². The van der Waals surface area contributed by atoms with E-state index in [0.717, 1.165) is 89.9 Å². The van der Waals surface area contributed by atoms with E-state index in [1.165, 1.54) is 190 Å². The van der Waals surface area contributed by atoms with Crippen LogP contribution in [0, 0.1) is 0 Å². The van der Waals surface area contributed by atoms with Gasteiger partial charge in [-0.05, 0) is 187 Å². The van der Waals surface area contributed by atoms with E-state index in [-0.39, 0.29) is 0 Å². The predicted octanol–water partition coefficient (Wildman–Crippen LogP) is 32.2. The zero-order chi connectivity index (χ0) is 83.4. The van der Waals surface area contributed by atoms with Gasteiger partial charge in [-0.2, -0.15) is 0 Å². The van der Waals surface area contributed by atoms with Gasteiger partial charge in [0.25, 0.3) is 0 Å². The van der Waals surface area contributed by atoms with Crippen LogP contribution in [-0.2, 0) is 0 Å². The lowest BCUT2D eigenvalue weighted by Crippen LogP contribution is -2.12. The molecule has 11 heterocycles. The number of rotatable bonds is 10. The summed E-state index contributed by atoms with van der Waals surface area (Å²) in [6, 6.07) is 157. The summed E-state index contributed by atoms with van der Waals surface area (Å²) in [5, 5.41) is 27.0. The molecule has 594 valence electrons. The molecule has 31 rings (SSSR count). The normalized spacial score (nSPS) is 12.7. The summed E-state index contributed by atoms with van der Waals surface area (Å²) in [7, 11) is 0. The quantitative estimate of drug-likeness (QED) is 0.137. The molecule has 31 aromatic rings. The lowest BCUT2D eigenvalue weighted by Gasteiger charge is -2.29. The first-order valence-corrected chi connectivity index (χ1v) is 44.6. The van der Waals surface area contributed by atoms with Gasteiger partial charge in [-0.3, -0.25) is 0 Å². The average molecular weight is 1640 g/mol. The summed E-state index contributed by atoms with van der Waals surface area (Å²) in [5.74, 6) is 0. The standard InChI is InChI=1S/C120H69N9/c1-7-33-72(34-8-1)121(73-35-9-2-10-36-73)100-61-59-80-86-64-102-87(65-101(86)127-96-55-28-21-48-82(96)109(100)115(80)127)89-67-106-108(110-84-50-23-29-56-97(84)128(102)117(89)110)90-63-71(58-60-99(90)124(106)76-41-15-5-16-42-76)70-32-31-45-78(62-70)122(74-37-11-3-12-38-74)120-114-85-51-24-30-57-98(85)129-104-68-91-103(69-92(104)113(118(114)129)111-83-49-22-27-54-95(83)125(119(111)120)77-43-17-6-18-44-77)126-93-52-25-19-46-79(93)88-66-105-107(112(91)116(88)126)81-47-20-26-53-94(81)123(105)75-39-13-4-14-40-75/h1-69H. The highest BCUT2D eigenvalue weighted by Crippen LogP contribution is 2.59. The summed E-state index contributed by atoms with van der Waals surface area (Å²) >= 11 is 0. The SMILES string of the molecule is c1ccc(N(c2ccccc2)c2ccc3c4cc5c(cc4n4c6ccccc6c2c34)c2cc3c(c4cc(-c6cccc(N(c7ccccc7)c7c8c9ccccc9n9c%10cc%11c%12c%13c%14ccccc%14n(-c%14ccccc%14)c%13cc%13c%14ccccc%14n(c%11cc%10c(c%10c%11ccccc%11n(-c%11ccccc%11)c7%10)c89)c%13%12)c6)ccc4n3-c3ccccc3)c3c4ccccc4n5c23)cc1. The summed E-state index contributed by atoms with van der Waals surface area (Å²) in [6.45, 7) is 0. The lowest BCUT2D eigenvalue weighted by atomic mass is 9.97. The minimum Gasteiger partial charge on any atom is -0.310 e. The fourth-order valence-electron chi connectivity index (χ4n) is 24.2. The Morgan fingerprint density at radius 1 is 0.147 bits per heavy atom. The van der Waals surface area contributed by atoms with Crippen LogP contribution in [0.25, 0.3) is 246 Å². The molecular weight excluding hydrogens is 1570 g/mol. The lowest BCUT2D eigenvalue weighted by molar-refractivity contribution is 1.17. The number of hydrogen-bond acceptors (Lipinski definition) is 2. The molecule has 129 heavy (non-hydrogen) atoms. The van der Waals surface area contributed by atoms with E-state index < -0.39 is 0 Å². The number of nitrogens with zero attached hydrogens (tertiary/aromatic N) is 9. The Labute approximate surface area is 734 Å². The summed E-state index contributed by atoms with van der Waals surface area (Å²) in [4.78, 5) is 5.03. The molecule has 20 aromatic carbocycles. The minimum atomic E-state index is 1.04. The molecule has 0 aliphatic rings. The maximum Gasteiger partial charge on any atom is 0.0810 e. The summed E-state index contributed by atoms with van der Waals surface area (Å²) < 4.78 is 18.0. The molecule has 9 heteroatoms. The molecule has 0 bridgehead atoms. The molecule has 0 saturated carbocycles. The second-order valence-electron chi connectivity index (χ2n) is 35.3. The van der Waals surface area contributed by atoms with Crippen molar-refractivity contribution in [2.75, 3.05) is 9.80 Å². The molecule has 9 nitrogen and oxygen atoms in total. The Kier molecular flexibility index (Phi) is 13.1. The zero-order valence-corrected chi connectivity index (χ0v) is 69.4. The molecule has 0 fully saturated rings. The van der Waals surface area contributed by atoms with Crippen molar-refractivity contribution in [2.45, 2.75) is 0 Å². The van der Waals surface area contributed by atoms with E-state index in [0.29, 0.717) is 0 Å². The number of fused-ring (bicyclic) bond motifs is 36. The number of para-hydroxylation sites is 12. The van der Waals surface area contributed by atoms with Gasteiger partial charge in [0, 0.05) is 158 Å². The number of benzene rings is 20. The highest BCUT2D eigenvalue weighted by atomic mass is 15.2. The van der Waals surface area contributed by atoms with Crippen molar-refractivity contribution < 1.29 is 0 Å². The highest BCUT2D eigenvalue weighted by Gasteiger charge is 2.36. The van der Waals surface area contributed by atoms with Crippen molar-refractivity contribution in [1.29, 1.82) is 0 Å². The van der Waals surface area contributed by atoms with Crippen molar-refractivity contribution in [3.05, 3.63) is 419 Å². The molecule has 11 aromatic heterocycles. The van der Waals surface area contributed by atoms with Gasteiger partial charge in [-0.15, -0.1) is 0 Å². The number of anilines is 6. The van der Waals surface area contributed by atoms with E-state index in [1.54, 1.807) is 0 Å². The van der Waals surface area contributed by atoms with Crippen LogP contribution in [0.5, 0.6) is 0 Å². The van der Waals surface area contributed by atoms with Crippen LogP contribution in [0.1, 0.15) is 0 Å². The molecule has 0 saturated heterocycles. The minimum absolute atomic E-state index is 1.04. The maximum atomic E-state index is 2.65. The van der Waals surface area contributed by atoms with Crippen LogP contribution < -0.4 is 9.80 Å². The maximum absolute atomic E-state index is 2.65. The zero-order valence-electron chi connectivity index (χ0n) is 69.4. The fraction of sp³-hybridized carbons (Fsp3) is 0. The topological polar surface area (TPSA) is 38.9 Å². The Hall–Kier alpha value is -17.4. The van der Waals surface area contributed by atoms with Crippen LogP contribution in [-0.4, -0.2) is 31.3 Å². The second kappa shape index (κ2) is 24.8. The fourth-order valence-corrected chi connectivity index (χ4v) is 24.2. The molecule has 0 radical (unpaired) electrons. The molecule has 0 spiro atoms. The van der Waals surface area contributed by atoms with Crippen molar-refractivity contribution in [3.8, 4) is 28.2 Å². The van der Waals surface area contributed by atoms with Gasteiger partial charge in [0.15, 0.2) is 0 Å². The Morgan fingerprint density at radius 2 is 0.481 bits per heavy atom. The van der Waals surface area contributed by atoms with Crippen molar-refractivity contribution in [2.24, 2.45) is 0 Å². The van der Waals surface area contributed by atoms with Crippen molar-refractivity contribution in [3.63, 3.8) is 0 Å². The van der Waals surface area contributed by atoms with Gasteiger partial charge >= 0.3 is 0 Å².